The molecule has 0 radical (unpaired) electrons. The zero-order valence-electron chi connectivity index (χ0n) is 27.1. The van der Waals surface area contributed by atoms with Crippen molar-refractivity contribution in [2.45, 2.75) is 136 Å². The smallest absolute Gasteiger partial charge is 0.143 e. The van der Waals surface area contributed by atoms with E-state index in [0.717, 1.165) is 64.1 Å². The minimum atomic E-state index is -0.465. The Kier molecular flexibility index (Phi) is 32.2. The van der Waals surface area contributed by atoms with Gasteiger partial charge in [-0.15, -0.1) is 0 Å². The summed E-state index contributed by atoms with van der Waals surface area (Å²) >= 11 is 0. The van der Waals surface area contributed by atoms with Gasteiger partial charge in [0.2, 0.25) is 0 Å². The topological polar surface area (TPSA) is 34.1 Å². The summed E-state index contributed by atoms with van der Waals surface area (Å²) in [6.45, 7) is 4.47. The van der Waals surface area contributed by atoms with Crippen LogP contribution in [0.15, 0.2) is 97.2 Å². The first-order valence-electron chi connectivity index (χ1n) is 16.9. The van der Waals surface area contributed by atoms with Crippen molar-refractivity contribution in [1.29, 1.82) is 0 Å². The van der Waals surface area contributed by atoms with Crippen molar-refractivity contribution < 1.29 is 9.59 Å². The van der Waals surface area contributed by atoms with Gasteiger partial charge in [-0.1, -0.05) is 137 Å². The van der Waals surface area contributed by atoms with Crippen LogP contribution in [-0.4, -0.2) is 12.1 Å². The molecule has 0 aromatic carbocycles. The number of carbonyl (C=O) groups excluding carboxylic acids is 2. The number of allylic oxidation sites excluding steroid dienone is 16. The second kappa shape index (κ2) is 34.5. The third-order valence-corrected chi connectivity index (χ3v) is 6.93. The first-order chi connectivity index (χ1) is 20.8. The zero-order chi connectivity index (χ0) is 30.6. The molecule has 234 valence electrons. The monoisotopic (exact) mass is 574 g/mol. The van der Waals surface area contributed by atoms with Crippen LogP contribution in [0.5, 0.6) is 0 Å². The Hall–Kier alpha value is -2.74. The van der Waals surface area contributed by atoms with Crippen molar-refractivity contribution in [2.75, 3.05) is 0 Å². The van der Waals surface area contributed by atoms with E-state index in [2.05, 4.69) is 111 Å². The molecule has 0 saturated carbocycles. The van der Waals surface area contributed by atoms with Crippen LogP contribution in [0.3, 0.4) is 0 Å². The minimum absolute atomic E-state index is 0.0803. The van der Waals surface area contributed by atoms with Crippen LogP contribution >= 0.6 is 0 Å². The van der Waals surface area contributed by atoms with Crippen LogP contribution in [0.4, 0.5) is 0 Å². The number of hydrogen-bond donors (Lipinski definition) is 0. The predicted molar refractivity (Wildman–Crippen MR) is 187 cm³/mol. The highest BCUT2D eigenvalue weighted by Crippen LogP contribution is 2.12. The van der Waals surface area contributed by atoms with Crippen LogP contribution in [0.25, 0.3) is 0 Å². The van der Waals surface area contributed by atoms with Gasteiger partial charge in [-0.05, 0) is 89.9 Å². The number of carbonyl (C=O) groups is 2. The summed E-state index contributed by atoms with van der Waals surface area (Å²) in [6, 6.07) is 0. The highest BCUT2D eigenvalue weighted by molar-refractivity contribution is 5.93. The van der Waals surface area contributed by atoms with Crippen molar-refractivity contribution in [1.82, 2.24) is 0 Å². The van der Waals surface area contributed by atoms with E-state index in [-0.39, 0.29) is 5.78 Å². The summed E-state index contributed by atoms with van der Waals surface area (Å²) in [5, 5.41) is 0. The Bertz CT molecular complexity index is 847. The molecule has 0 spiro atoms. The van der Waals surface area contributed by atoms with Gasteiger partial charge in [0.25, 0.3) is 0 Å². The fraction of sp³-hybridized carbons (Fsp3) is 0.550. The molecule has 1 atom stereocenters. The molecule has 0 amide bonds. The van der Waals surface area contributed by atoms with Crippen molar-refractivity contribution in [3.05, 3.63) is 97.2 Å². The maximum atomic E-state index is 12.4. The maximum Gasteiger partial charge on any atom is 0.143 e. The molecule has 0 saturated heterocycles. The van der Waals surface area contributed by atoms with E-state index in [1.165, 1.54) is 51.4 Å². The molecule has 0 aliphatic heterocycles. The normalized spacial score (nSPS) is 13.7. The maximum absolute atomic E-state index is 12.4. The lowest BCUT2D eigenvalue weighted by Gasteiger charge is -2.07. The Balaban J connectivity index is 3.81. The summed E-state index contributed by atoms with van der Waals surface area (Å²) < 4.78 is 0. The summed E-state index contributed by atoms with van der Waals surface area (Å²) in [4.78, 5) is 23.8. The largest absolute Gasteiger partial charge is 0.303 e. The van der Waals surface area contributed by atoms with Gasteiger partial charge in [0.05, 0.1) is 5.92 Å². The zero-order valence-corrected chi connectivity index (χ0v) is 27.1. The summed E-state index contributed by atoms with van der Waals surface area (Å²) in [7, 11) is 0. The van der Waals surface area contributed by atoms with Crippen molar-refractivity contribution in [3.8, 4) is 0 Å². The average Bonchev–Trinajstić information content (AvgIpc) is 3.00. The highest BCUT2D eigenvalue weighted by atomic mass is 16.1. The van der Waals surface area contributed by atoms with Crippen LogP contribution in [0.1, 0.15) is 136 Å². The van der Waals surface area contributed by atoms with Crippen LogP contribution < -0.4 is 0 Å². The number of hydrogen-bond acceptors (Lipinski definition) is 2. The van der Waals surface area contributed by atoms with Crippen LogP contribution in [0.2, 0.25) is 0 Å². The lowest BCUT2D eigenvalue weighted by molar-refractivity contribution is -0.127. The molecule has 0 aliphatic carbocycles. The van der Waals surface area contributed by atoms with Gasteiger partial charge in [0.15, 0.2) is 0 Å². The molecule has 0 N–H and O–H groups in total. The van der Waals surface area contributed by atoms with Crippen molar-refractivity contribution in [3.63, 3.8) is 0 Å². The third kappa shape index (κ3) is 30.2. The van der Waals surface area contributed by atoms with Gasteiger partial charge >= 0.3 is 0 Å². The molecule has 1 unspecified atom stereocenters. The molecule has 0 rings (SSSR count). The van der Waals surface area contributed by atoms with E-state index < -0.39 is 5.92 Å². The lowest BCUT2D eigenvalue weighted by Crippen LogP contribution is -2.15. The molecular weight excluding hydrogens is 512 g/mol. The van der Waals surface area contributed by atoms with E-state index in [1.807, 2.05) is 0 Å². The van der Waals surface area contributed by atoms with E-state index >= 15 is 0 Å². The molecule has 0 aromatic heterocycles. The minimum Gasteiger partial charge on any atom is -0.303 e. The van der Waals surface area contributed by atoms with Crippen LogP contribution in [-0.2, 0) is 9.59 Å². The third-order valence-electron chi connectivity index (χ3n) is 6.93. The molecule has 0 aromatic rings. The number of ketones is 1. The Morgan fingerprint density at radius 2 is 0.786 bits per heavy atom. The average molecular weight is 575 g/mol. The molecular formula is C40H62O2. The molecule has 0 bridgehead atoms. The SMILES string of the molecule is CCCCCC=CCC=CCC=CCC=CCCCC(=O)C(C=O)CCC=CCC=CCC=CCC=CCCCCC. The quantitative estimate of drug-likeness (QED) is 0.0385. The van der Waals surface area contributed by atoms with Crippen LogP contribution in [0, 0.1) is 5.92 Å². The summed E-state index contributed by atoms with van der Waals surface area (Å²) in [5.41, 5.74) is 0. The lowest BCUT2D eigenvalue weighted by atomic mass is 9.96. The standard InChI is InChI=1S/C40H62O2/c1-3-5-7-9-11-13-15-17-19-21-23-25-27-29-31-33-35-37-40(42)39(38-41)36-34-32-30-28-26-24-22-20-18-16-14-12-10-8-6-4-2/h11-14,17-20,23-26,29-32,38-39H,3-10,15-16,21-22,27-28,33-37H2,1-2H3. The number of unbranched alkanes of at least 4 members (excludes halogenated alkanes) is 7. The van der Waals surface area contributed by atoms with Gasteiger partial charge < -0.3 is 4.79 Å². The molecule has 2 nitrogen and oxygen atoms in total. The first-order valence-corrected chi connectivity index (χ1v) is 16.9. The summed E-state index contributed by atoms with van der Waals surface area (Å²) in [5.74, 6) is -0.385. The Morgan fingerprint density at radius 1 is 0.452 bits per heavy atom. The van der Waals surface area contributed by atoms with Gasteiger partial charge in [0.1, 0.15) is 12.1 Å². The number of Topliss-reactive ketones (excluding diaryl/α,β-unsaturated/α-hetero) is 1. The Labute approximate surface area is 260 Å². The highest BCUT2D eigenvalue weighted by Gasteiger charge is 2.15. The second-order valence-corrected chi connectivity index (χ2v) is 10.9. The van der Waals surface area contributed by atoms with Crippen molar-refractivity contribution >= 4 is 12.1 Å². The molecule has 2 heteroatoms. The first kappa shape index (κ1) is 39.3. The molecule has 0 heterocycles. The molecule has 0 aliphatic rings. The van der Waals surface area contributed by atoms with Crippen molar-refractivity contribution in [2.24, 2.45) is 5.92 Å². The predicted octanol–water partition coefficient (Wildman–Crippen LogP) is 12.3. The van der Waals surface area contributed by atoms with Gasteiger partial charge in [-0.3, -0.25) is 4.79 Å². The van der Waals surface area contributed by atoms with E-state index in [4.69, 9.17) is 0 Å². The fourth-order valence-corrected chi connectivity index (χ4v) is 4.28. The molecule has 0 fully saturated rings. The second-order valence-electron chi connectivity index (χ2n) is 10.9. The number of aldehydes is 1. The van der Waals surface area contributed by atoms with E-state index in [0.29, 0.717) is 12.8 Å². The molecule has 42 heavy (non-hydrogen) atoms. The number of rotatable bonds is 29. The van der Waals surface area contributed by atoms with Gasteiger partial charge in [-0.2, -0.15) is 0 Å². The van der Waals surface area contributed by atoms with Gasteiger partial charge in [0, 0.05) is 6.42 Å². The summed E-state index contributed by atoms with van der Waals surface area (Å²) in [6.07, 6.45) is 55.6. The Morgan fingerprint density at radius 3 is 1.14 bits per heavy atom. The van der Waals surface area contributed by atoms with Gasteiger partial charge in [-0.25, -0.2) is 0 Å². The van der Waals surface area contributed by atoms with E-state index in [1.54, 1.807) is 0 Å². The fourth-order valence-electron chi connectivity index (χ4n) is 4.28. The van der Waals surface area contributed by atoms with E-state index in [9.17, 15) is 9.59 Å².